The van der Waals surface area contributed by atoms with Crippen LogP contribution in [0.1, 0.15) is 5.56 Å². The Labute approximate surface area is 93.5 Å². The zero-order valence-electron chi connectivity index (χ0n) is 8.84. The molecule has 0 saturated carbocycles. The van der Waals surface area contributed by atoms with E-state index in [9.17, 15) is 4.79 Å². The van der Waals surface area contributed by atoms with Gasteiger partial charge in [-0.1, -0.05) is 24.3 Å². The molecule has 0 amide bonds. The molecule has 0 bridgehead atoms. The Hall–Kier alpha value is -2.25. The third-order valence-corrected chi connectivity index (χ3v) is 2.35. The molecule has 2 rings (SSSR count). The molecule has 0 radical (unpaired) electrons. The molecule has 0 spiro atoms. The van der Waals surface area contributed by atoms with E-state index in [0.29, 0.717) is 5.69 Å². The number of aliphatic imine (C=N–C) groups is 1. The van der Waals surface area contributed by atoms with Crippen LogP contribution in [0.25, 0.3) is 11.1 Å². The van der Waals surface area contributed by atoms with Gasteiger partial charge in [0.15, 0.2) is 0 Å². The van der Waals surface area contributed by atoms with E-state index in [1.165, 1.54) is 12.3 Å². The smallest absolute Gasteiger partial charge is 0.240 e. The molecule has 3 heteroatoms. The minimum atomic E-state index is 0.524. The number of aryl methyl sites for hydroxylation is 1. The Morgan fingerprint density at radius 2 is 2.06 bits per heavy atom. The highest BCUT2D eigenvalue weighted by Gasteiger charge is 2.01. The van der Waals surface area contributed by atoms with Crippen molar-refractivity contribution in [2.75, 3.05) is 0 Å². The van der Waals surface area contributed by atoms with Gasteiger partial charge in [-0.3, -0.25) is 4.98 Å². The number of aromatic nitrogens is 1. The number of nitrogens with zero attached hydrogens (tertiary/aromatic N) is 2. The van der Waals surface area contributed by atoms with Gasteiger partial charge in [0, 0.05) is 11.8 Å². The van der Waals surface area contributed by atoms with Crippen molar-refractivity contribution in [1.82, 2.24) is 4.98 Å². The second-order valence-electron chi connectivity index (χ2n) is 3.45. The molecule has 0 unspecified atom stereocenters. The van der Waals surface area contributed by atoms with Crippen molar-refractivity contribution in [1.29, 1.82) is 0 Å². The predicted molar refractivity (Wildman–Crippen MR) is 62.2 cm³/mol. The Bertz CT molecular complexity index is 557. The third-order valence-electron chi connectivity index (χ3n) is 2.35. The average Bonchev–Trinajstić information content (AvgIpc) is 2.30. The lowest BCUT2D eigenvalue weighted by Gasteiger charge is -2.04. The van der Waals surface area contributed by atoms with Gasteiger partial charge in [-0.25, -0.2) is 4.79 Å². The molecule has 78 valence electrons. The van der Waals surface area contributed by atoms with Crippen molar-refractivity contribution < 1.29 is 4.79 Å². The molecule has 0 aliphatic carbocycles. The summed E-state index contributed by atoms with van der Waals surface area (Å²) >= 11 is 0. The van der Waals surface area contributed by atoms with E-state index in [-0.39, 0.29) is 0 Å². The number of hydrogen-bond donors (Lipinski definition) is 0. The molecule has 1 aromatic heterocycles. The minimum Gasteiger partial charge on any atom is -0.262 e. The lowest BCUT2D eigenvalue weighted by molar-refractivity contribution is 0.565. The van der Waals surface area contributed by atoms with Crippen molar-refractivity contribution in [3.63, 3.8) is 0 Å². The number of isocyanates is 1. The first-order valence-corrected chi connectivity index (χ1v) is 4.90. The van der Waals surface area contributed by atoms with Gasteiger partial charge in [0.25, 0.3) is 0 Å². The van der Waals surface area contributed by atoms with E-state index in [1.54, 1.807) is 6.20 Å². The van der Waals surface area contributed by atoms with Gasteiger partial charge in [0.2, 0.25) is 6.08 Å². The third kappa shape index (κ3) is 2.05. The molecule has 0 atom stereocenters. The molecular weight excluding hydrogens is 200 g/mol. The van der Waals surface area contributed by atoms with Crippen LogP contribution in [0.3, 0.4) is 0 Å². The maximum Gasteiger partial charge on any atom is 0.240 e. The topological polar surface area (TPSA) is 42.3 Å². The molecule has 16 heavy (non-hydrogen) atoms. The Balaban J connectivity index is 2.52. The zero-order chi connectivity index (χ0) is 11.4. The lowest BCUT2D eigenvalue weighted by Crippen LogP contribution is -1.83. The fourth-order valence-electron chi connectivity index (χ4n) is 1.59. The predicted octanol–water partition coefficient (Wildman–Crippen LogP) is 3.02. The van der Waals surface area contributed by atoms with E-state index in [0.717, 1.165) is 16.7 Å². The monoisotopic (exact) mass is 210 g/mol. The van der Waals surface area contributed by atoms with Gasteiger partial charge >= 0.3 is 0 Å². The first kappa shape index (κ1) is 10.3. The van der Waals surface area contributed by atoms with Crippen LogP contribution in [-0.2, 0) is 4.79 Å². The number of hydrogen-bond acceptors (Lipinski definition) is 3. The minimum absolute atomic E-state index is 0.524. The molecule has 0 fully saturated rings. The summed E-state index contributed by atoms with van der Waals surface area (Å²) in [4.78, 5) is 17.8. The van der Waals surface area contributed by atoms with Gasteiger partial charge in [-0.05, 0) is 24.1 Å². The summed E-state index contributed by atoms with van der Waals surface area (Å²) in [5.74, 6) is 0. The summed E-state index contributed by atoms with van der Waals surface area (Å²) in [5.41, 5.74) is 3.74. The summed E-state index contributed by atoms with van der Waals surface area (Å²) in [7, 11) is 0. The van der Waals surface area contributed by atoms with E-state index in [2.05, 4.69) is 9.98 Å². The van der Waals surface area contributed by atoms with Crippen LogP contribution >= 0.6 is 0 Å². The Morgan fingerprint density at radius 1 is 1.25 bits per heavy atom. The van der Waals surface area contributed by atoms with E-state index in [1.807, 2.05) is 37.3 Å². The second-order valence-corrected chi connectivity index (χ2v) is 3.45. The zero-order valence-corrected chi connectivity index (χ0v) is 8.84. The SMILES string of the molecule is Cc1ccccc1-c1cncc(N=C=O)c1. The normalized spacial score (nSPS) is 9.56. The van der Waals surface area contributed by atoms with Crippen molar-refractivity contribution in [2.24, 2.45) is 4.99 Å². The van der Waals surface area contributed by atoms with Gasteiger partial charge in [-0.2, -0.15) is 4.99 Å². The first-order chi connectivity index (χ1) is 7.81. The highest BCUT2D eigenvalue weighted by molar-refractivity contribution is 5.69. The molecule has 0 N–H and O–H groups in total. The summed E-state index contributed by atoms with van der Waals surface area (Å²) < 4.78 is 0. The Kier molecular flexibility index (Phi) is 2.90. The summed E-state index contributed by atoms with van der Waals surface area (Å²) in [6.07, 6.45) is 4.80. The molecule has 3 nitrogen and oxygen atoms in total. The van der Waals surface area contributed by atoms with E-state index >= 15 is 0 Å². The van der Waals surface area contributed by atoms with Crippen molar-refractivity contribution in [3.05, 3.63) is 48.3 Å². The number of benzene rings is 1. The highest BCUT2D eigenvalue weighted by Crippen LogP contribution is 2.25. The number of carbonyl (C=O) groups excluding carboxylic acids is 1. The molecule has 1 heterocycles. The van der Waals surface area contributed by atoms with E-state index < -0.39 is 0 Å². The number of pyridine rings is 1. The van der Waals surface area contributed by atoms with Gasteiger partial charge in [-0.15, -0.1) is 0 Å². The maximum absolute atomic E-state index is 10.2. The summed E-state index contributed by atoms with van der Waals surface area (Å²) in [5, 5.41) is 0. The molecule has 0 saturated heterocycles. The lowest BCUT2D eigenvalue weighted by atomic mass is 10.0. The van der Waals surface area contributed by atoms with Gasteiger partial charge < -0.3 is 0 Å². The maximum atomic E-state index is 10.2. The van der Waals surface area contributed by atoms with Crippen LogP contribution < -0.4 is 0 Å². The fourth-order valence-corrected chi connectivity index (χ4v) is 1.59. The fraction of sp³-hybridized carbons (Fsp3) is 0.0769. The molecule has 0 aliphatic rings. The summed E-state index contributed by atoms with van der Waals surface area (Å²) in [6.45, 7) is 2.03. The van der Waals surface area contributed by atoms with Crippen LogP contribution in [-0.4, -0.2) is 11.1 Å². The van der Waals surface area contributed by atoms with Crippen LogP contribution in [0.2, 0.25) is 0 Å². The average molecular weight is 210 g/mol. The molecule has 1 aromatic carbocycles. The second kappa shape index (κ2) is 4.51. The van der Waals surface area contributed by atoms with E-state index in [4.69, 9.17) is 0 Å². The van der Waals surface area contributed by atoms with Crippen molar-refractivity contribution in [2.45, 2.75) is 6.92 Å². The Morgan fingerprint density at radius 3 is 2.81 bits per heavy atom. The summed E-state index contributed by atoms with van der Waals surface area (Å²) in [6, 6.07) is 9.82. The van der Waals surface area contributed by atoms with Gasteiger partial charge in [0.05, 0.1) is 11.9 Å². The standard InChI is InChI=1S/C13H10N2O/c1-10-4-2-3-5-13(10)11-6-12(15-9-16)8-14-7-11/h2-8H,1H3. The molecular formula is C13H10N2O. The quantitative estimate of drug-likeness (QED) is 0.564. The first-order valence-electron chi connectivity index (χ1n) is 4.90. The van der Waals surface area contributed by atoms with Crippen LogP contribution in [0.15, 0.2) is 47.7 Å². The molecule has 2 aromatic rings. The molecule has 0 aliphatic heterocycles. The van der Waals surface area contributed by atoms with Crippen LogP contribution in [0.5, 0.6) is 0 Å². The number of rotatable bonds is 2. The van der Waals surface area contributed by atoms with Crippen molar-refractivity contribution >= 4 is 11.8 Å². The van der Waals surface area contributed by atoms with Gasteiger partial charge in [0.1, 0.15) is 0 Å². The van der Waals surface area contributed by atoms with Crippen molar-refractivity contribution in [3.8, 4) is 11.1 Å². The van der Waals surface area contributed by atoms with Crippen LogP contribution in [0.4, 0.5) is 5.69 Å². The largest absolute Gasteiger partial charge is 0.262 e. The highest BCUT2D eigenvalue weighted by atomic mass is 16.1. The van der Waals surface area contributed by atoms with Crippen LogP contribution in [0, 0.1) is 6.92 Å².